The second-order valence-electron chi connectivity index (χ2n) is 10.1. The van der Waals surface area contributed by atoms with Crippen molar-refractivity contribution in [3.63, 3.8) is 0 Å². The number of sulfonamides is 1. The molecular weight excluding hydrogens is 534 g/mol. The minimum Gasteiger partial charge on any atom is -0.493 e. The molecule has 4 aromatic rings. The third-order valence-corrected chi connectivity index (χ3v) is 8.57. The average molecular weight is 562 g/mol. The number of hydrogen-bond acceptors (Lipinski definition) is 9. The molecule has 3 aromatic heterocycles. The summed E-state index contributed by atoms with van der Waals surface area (Å²) in [4.78, 5) is 26.0. The van der Waals surface area contributed by atoms with Gasteiger partial charge in [-0.05, 0) is 62.8 Å². The fraction of sp³-hybridized carbons (Fsp3) is 0.346. The van der Waals surface area contributed by atoms with E-state index in [2.05, 4.69) is 25.1 Å². The number of hydrogen-bond donors (Lipinski definition) is 5. The summed E-state index contributed by atoms with van der Waals surface area (Å²) < 4.78 is 30.1. The average Bonchev–Trinajstić information content (AvgIpc) is 3.57. The summed E-state index contributed by atoms with van der Waals surface area (Å²) in [7, 11) is -3.73. The summed E-state index contributed by atoms with van der Waals surface area (Å²) in [5.74, 6) is 0.345. The highest BCUT2D eigenvalue weighted by molar-refractivity contribution is 7.89. The summed E-state index contributed by atoms with van der Waals surface area (Å²) in [5, 5.41) is 27.6. The van der Waals surface area contributed by atoms with Crippen LogP contribution in [-0.4, -0.2) is 56.2 Å². The van der Waals surface area contributed by atoms with Gasteiger partial charge >= 0.3 is 5.69 Å². The first-order valence-electron chi connectivity index (χ1n) is 13.0. The Morgan fingerprint density at radius 3 is 2.60 bits per heavy atom. The summed E-state index contributed by atoms with van der Waals surface area (Å²) in [6.07, 6.45) is 7.97. The predicted octanol–water partition coefficient (Wildman–Crippen LogP) is 0.635. The maximum Gasteiger partial charge on any atom is 0.326 e. The van der Waals surface area contributed by atoms with Gasteiger partial charge in [-0.1, -0.05) is 6.07 Å². The number of nitriles is 1. The molecule has 5 N–H and O–H groups in total. The summed E-state index contributed by atoms with van der Waals surface area (Å²) in [5.41, 5.74) is 1.17. The Morgan fingerprint density at radius 1 is 1.12 bits per heavy atom. The molecule has 2 aliphatic rings. The minimum atomic E-state index is -3.73. The van der Waals surface area contributed by atoms with Crippen molar-refractivity contribution in [1.29, 1.82) is 5.26 Å². The van der Waals surface area contributed by atoms with E-state index in [1.165, 1.54) is 12.1 Å². The van der Waals surface area contributed by atoms with Crippen LogP contribution < -0.4 is 26.4 Å². The molecule has 2 fully saturated rings. The third-order valence-electron chi connectivity index (χ3n) is 7.05. The first-order chi connectivity index (χ1) is 19.3. The molecule has 2 saturated carbocycles. The molecule has 206 valence electrons. The van der Waals surface area contributed by atoms with E-state index < -0.39 is 15.7 Å². The highest BCUT2D eigenvalue weighted by atomic mass is 32.2. The van der Waals surface area contributed by atoms with Crippen molar-refractivity contribution in [2.45, 2.75) is 61.5 Å². The highest BCUT2D eigenvalue weighted by Crippen LogP contribution is 2.24. The standard InChI is InChI=1S/C26H27N9O4S/c27-13-15-2-1-3-20(10-15)40(38,39)34-19-8-6-17(7-9-19)29-22-12-23(30-18-4-5-18)35-24(32-22)16(14-28-35)11-21-25(36)33-26(37)31-21/h1-3,10-12,14,17-19,29,34,36H,4-9H2,(H2,31,33,37). The normalized spacial score (nSPS) is 20.6. The van der Waals surface area contributed by atoms with Gasteiger partial charge < -0.3 is 15.4 Å². The summed E-state index contributed by atoms with van der Waals surface area (Å²) >= 11 is 0. The van der Waals surface area contributed by atoms with E-state index in [1.807, 2.05) is 12.1 Å². The van der Waals surface area contributed by atoms with Crippen LogP contribution in [0.3, 0.4) is 0 Å². The zero-order chi connectivity index (χ0) is 27.9. The molecule has 0 atom stereocenters. The van der Waals surface area contributed by atoms with Gasteiger partial charge in [0.05, 0.1) is 28.8 Å². The Bertz CT molecular complexity index is 1910. The van der Waals surface area contributed by atoms with Gasteiger partial charge in [-0.2, -0.15) is 14.9 Å². The predicted molar refractivity (Wildman–Crippen MR) is 145 cm³/mol. The SMILES string of the molecule is N#Cc1cccc(S(=O)(=O)NC2CCC(Nc3cc(=NC4CC4)n4ncc(=Cc5[nH]c(=O)[nH]c5O)c4n3)CC2)c1. The van der Waals surface area contributed by atoms with Gasteiger partial charge in [-0.3, -0.25) is 9.98 Å². The summed E-state index contributed by atoms with van der Waals surface area (Å²) in [6, 6.07) is 9.93. The largest absolute Gasteiger partial charge is 0.493 e. The van der Waals surface area contributed by atoms with Gasteiger partial charge in [0.15, 0.2) is 11.1 Å². The highest BCUT2D eigenvalue weighted by Gasteiger charge is 2.26. The molecule has 0 radical (unpaired) electrons. The van der Waals surface area contributed by atoms with E-state index in [-0.39, 0.29) is 34.6 Å². The van der Waals surface area contributed by atoms with Crippen LogP contribution in [0.2, 0.25) is 0 Å². The maximum absolute atomic E-state index is 12.9. The van der Waals surface area contributed by atoms with Crippen molar-refractivity contribution in [2.75, 3.05) is 5.32 Å². The maximum atomic E-state index is 12.9. The smallest absolute Gasteiger partial charge is 0.326 e. The van der Waals surface area contributed by atoms with Gasteiger partial charge in [-0.15, -0.1) is 0 Å². The van der Waals surface area contributed by atoms with Crippen LogP contribution in [0.15, 0.2) is 51.2 Å². The van der Waals surface area contributed by atoms with Gasteiger partial charge in [-0.25, -0.2) is 22.9 Å². The molecule has 6 rings (SSSR count). The molecule has 3 heterocycles. The Balaban J connectivity index is 1.21. The molecule has 14 heteroatoms. The Hall–Kier alpha value is -4.48. The van der Waals surface area contributed by atoms with Crippen molar-refractivity contribution >= 4 is 27.6 Å². The molecular formula is C26H27N9O4S. The van der Waals surface area contributed by atoms with Crippen LogP contribution in [0, 0.1) is 11.3 Å². The molecule has 13 nitrogen and oxygen atoms in total. The lowest BCUT2D eigenvalue weighted by atomic mass is 9.92. The number of aromatic nitrogens is 5. The monoisotopic (exact) mass is 561 g/mol. The summed E-state index contributed by atoms with van der Waals surface area (Å²) in [6.45, 7) is 0. The molecule has 0 amide bonds. The van der Waals surface area contributed by atoms with Crippen molar-refractivity contribution < 1.29 is 13.5 Å². The number of benzene rings is 1. The number of H-pyrrole nitrogens is 2. The van der Waals surface area contributed by atoms with E-state index in [9.17, 15) is 18.3 Å². The van der Waals surface area contributed by atoms with Crippen LogP contribution in [-0.2, 0) is 10.0 Å². The van der Waals surface area contributed by atoms with Crippen molar-refractivity contribution in [3.05, 3.63) is 69.0 Å². The van der Waals surface area contributed by atoms with Gasteiger partial charge in [0, 0.05) is 23.4 Å². The minimum absolute atomic E-state index is 0.0758. The van der Waals surface area contributed by atoms with Crippen LogP contribution in [0.25, 0.3) is 11.7 Å². The lowest BCUT2D eigenvalue weighted by molar-refractivity contribution is 0.387. The number of anilines is 1. The fourth-order valence-corrected chi connectivity index (χ4v) is 6.21. The van der Waals surface area contributed by atoms with E-state index >= 15 is 0 Å². The van der Waals surface area contributed by atoms with Crippen LogP contribution >= 0.6 is 0 Å². The molecule has 0 unspecified atom stereocenters. The second-order valence-corrected chi connectivity index (χ2v) is 11.8. The molecule has 0 aliphatic heterocycles. The first kappa shape index (κ1) is 25.8. The Kier molecular flexibility index (Phi) is 6.60. The van der Waals surface area contributed by atoms with E-state index in [0.29, 0.717) is 40.6 Å². The fourth-order valence-electron chi connectivity index (χ4n) is 4.85. The topological polar surface area (TPSA) is 193 Å². The number of imidazole rings is 1. The number of aromatic hydroxyl groups is 1. The van der Waals surface area contributed by atoms with Crippen molar-refractivity contribution in [3.8, 4) is 11.9 Å². The van der Waals surface area contributed by atoms with Crippen molar-refractivity contribution in [2.24, 2.45) is 4.99 Å². The third kappa shape index (κ3) is 5.47. The zero-order valence-electron chi connectivity index (χ0n) is 21.3. The van der Waals surface area contributed by atoms with Gasteiger partial charge in [0.1, 0.15) is 11.5 Å². The van der Waals surface area contributed by atoms with E-state index in [1.54, 1.807) is 28.9 Å². The quantitative estimate of drug-likeness (QED) is 0.217. The van der Waals surface area contributed by atoms with Crippen molar-refractivity contribution in [1.82, 2.24) is 29.3 Å². The zero-order valence-corrected chi connectivity index (χ0v) is 22.1. The molecule has 0 spiro atoms. The van der Waals surface area contributed by atoms with Gasteiger partial charge in [0.25, 0.3) is 0 Å². The molecule has 40 heavy (non-hydrogen) atoms. The van der Waals surface area contributed by atoms with E-state index in [0.717, 1.165) is 25.7 Å². The number of nitrogens with one attached hydrogen (secondary N) is 4. The number of rotatable bonds is 7. The molecule has 0 bridgehead atoms. The lowest BCUT2D eigenvalue weighted by Crippen LogP contribution is -2.40. The van der Waals surface area contributed by atoms with E-state index in [4.69, 9.17) is 15.2 Å². The Morgan fingerprint density at radius 2 is 1.90 bits per heavy atom. The lowest BCUT2D eigenvalue weighted by Gasteiger charge is -2.29. The number of aromatic amines is 2. The van der Waals surface area contributed by atoms with Crippen LogP contribution in [0.5, 0.6) is 5.88 Å². The number of nitrogens with zero attached hydrogens (tertiary/aromatic N) is 5. The molecule has 0 saturated heterocycles. The van der Waals surface area contributed by atoms with Crippen LogP contribution in [0.4, 0.5) is 5.82 Å². The van der Waals surface area contributed by atoms with Crippen LogP contribution in [0.1, 0.15) is 49.8 Å². The second kappa shape index (κ2) is 10.2. The molecule has 1 aromatic carbocycles. The first-order valence-corrected chi connectivity index (χ1v) is 14.5. The number of fused-ring (bicyclic) bond motifs is 1. The van der Waals surface area contributed by atoms with Gasteiger partial charge in [0.2, 0.25) is 15.9 Å². The molecule has 2 aliphatic carbocycles. The Labute approximate surface area is 228 Å².